The first kappa shape index (κ1) is 25.3. The van der Waals surface area contributed by atoms with E-state index in [1.165, 1.54) is 0 Å². The van der Waals surface area contributed by atoms with Crippen molar-refractivity contribution < 1.29 is 14.3 Å². The fourth-order valence-electron chi connectivity index (χ4n) is 3.59. The minimum absolute atomic E-state index is 0.159. The summed E-state index contributed by atoms with van der Waals surface area (Å²) < 4.78 is 5.87. The number of benzene rings is 2. The number of hydrogen-bond donors (Lipinski definition) is 2. The van der Waals surface area contributed by atoms with E-state index < -0.39 is 0 Å². The Hall–Kier alpha value is -2.36. The number of thiocarbonyl (C=S) groups is 1. The van der Waals surface area contributed by atoms with Crippen LogP contribution >= 0.6 is 39.7 Å². The van der Waals surface area contributed by atoms with Crippen LogP contribution < -0.4 is 20.3 Å². The standard InChI is InChI=1S/C23H26BrClN4O3S/c1-3-4-21(30)29-11-9-28(10-12-29)19-7-6-16(25)14-18(19)26-23(33)27-22(31)15-5-8-20(32-2)17(24)13-15/h5-8,13-14H,3-4,9-12H2,1-2H3,(H2,26,27,31,33). The number of carbonyl (C=O) groups excluding carboxylic acids is 2. The van der Waals surface area contributed by atoms with Gasteiger partial charge in [0.1, 0.15) is 5.75 Å². The highest BCUT2D eigenvalue weighted by Gasteiger charge is 2.22. The molecule has 0 aromatic heterocycles. The predicted molar refractivity (Wildman–Crippen MR) is 140 cm³/mol. The van der Waals surface area contributed by atoms with Gasteiger partial charge in [0.05, 0.1) is 23.0 Å². The van der Waals surface area contributed by atoms with Gasteiger partial charge in [-0.15, -0.1) is 0 Å². The molecule has 1 heterocycles. The Kier molecular flexibility index (Phi) is 8.94. The van der Waals surface area contributed by atoms with Crippen LogP contribution in [-0.2, 0) is 4.79 Å². The largest absolute Gasteiger partial charge is 0.496 e. The number of nitrogens with zero attached hydrogens (tertiary/aromatic N) is 2. The first-order valence-corrected chi connectivity index (χ1v) is 12.2. The summed E-state index contributed by atoms with van der Waals surface area (Å²) in [6.45, 7) is 4.73. The summed E-state index contributed by atoms with van der Waals surface area (Å²) in [5.41, 5.74) is 2.04. The number of anilines is 2. The summed E-state index contributed by atoms with van der Waals surface area (Å²) in [5, 5.41) is 6.50. The average molecular weight is 554 g/mol. The zero-order valence-corrected chi connectivity index (χ0v) is 21.6. The molecule has 33 heavy (non-hydrogen) atoms. The summed E-state index contributed by atoms with van der Waals surface area (Å²) in [6.07, 6.45) is 1.42. The van der Waals surface area contributed by atoms with Crippen molar-refractivity contribution in [3.8, 4) is 5.75 Å². The Balaban J connectivity index is 1.67. The number of amides is 2. The van der Waals surface area contributed by atoms with Gasteiger partial charge in [0.15, 0.2) is 5.11 Å². The highest BCUT2D eigenvalue weighted by atomic mass is 79.9. The summed E-state index contributed by atoms with van der Waals surface area (Å²) in [6, 6.07) is 10.5. The molecule has 2 amide bonds. The number of carbonyl (C=O) groups is 2. The maximum atomic E-state index is 12.6. The Morgan fingerprint density at radius 3 is 2.52 bits per heavy atom. The maximum Gasteiger partial charge on any atom is 0.257 e. The van der Waals surface area contributed by atoms with Crippen molar-refractivity contribution in [2.45, 2.75) is 19.8 Å². The topological polar surface area (TPSA) is 73.9 Å². The lowest BCUT2D eigenvalue weighted by molar-refractivity contribution is -0.131. The molecule has 1 fully saturated rings. The maximum absolute atomic E-state index is 12.6. The predicted octanol–water partition coefficient (Wildman–Crippen LogP) is 4.69. The molecule has 0 spiro atoms. The Bertz CT molecular complexity index is 1040. The molecule has 1 aliphatic heterocycles. The summed E-state index contributed by atoms with van der Waals surface area (Å²) in [7, 11) is 1.56. The van der Waals surface area contributed by atoms with E-state index in [-0.39, 0.29) is 16.9 Å². The minimum atomic E-state index is -0.345. The van der Waals surface area contributed by atoms with Crippen LogP contribution in [0, 0.1) is 0 Å². The first-order chi connectivity index (χ1) is 15.8. The Morgan fingerprint density at radius 2 is 1.88 bits per heavy atom. The fraction of sp³-hybridized carbons (Fsp3) is 0.348. The fourth-order valence-corrected chi connectivity index (χ4v) is 4.50. The van der Waals surface area contributed by atoms with E-state index in [1.54, 1.807) is 31.4 Å². The second-order valence-corrected chi connectivity index (χ2v) is 9.24. The molecule has 0 bridgehead atoms. The van der Waals surface area contributed by atoms with Gasteiger partial charge in [-0.25, -0.2) is 0 Å². The lowest BCUT2D eigenvalue weighted by Gasteiger charge is -2.37. The van der Waals surface area contributed by atoms with Crippen molar-refractivity contribution in [1.29, 1.82) is 0 Å². The van der Waals surface area contributed by atoms with Crippen molar-refractivity contribution in [2.75, 3.05) is 43.5 Å². The van der Waals surface area contributed by atoms with Gasteiger partial charge in [0.2, 0.25) is 5.91 Å². The second kappa shape index (κ2) is 11.7. The SMILES string of the molecule is CCCC(=O)N1CCN(c2ccc(Cl)cc2NC(=S)NC(=O)c2ccc(OC)c(Br)c2)CC1. The van der Waals surface area contributed by atoms with Crippen molar-refractivity contribution in [3.63, 3.8) is 0 Å². The molecule has 2 N–H and O–H groups in total. The smallest absolute Gasteiger partial charge is 0.257 e. The molecule has 3 rings (SSSR count). The van der Waals surface area contributed by atoms with Crippen LogP contribution in [-0.4, -0.2) is 55.1 Å². The molecule has 2 aromatic rings. The molecule has 10 heteroatoms. The summed E-state index contributed by atoms with van der Waals surface area (Å²) >= 11 is 15.0. The molecule has 1 saturated heterocycles. The molecule has 2 aromatic carbocycles. The number of piperazine rings is 1. The Labute approximate surface area is 212 Å². The van der Waals surface area contributed by atoms with Crippen LogP contribution in [0.25, 0.3) is 0 Å². The number of ether oxygens (including phenoxy) is 1. The van der Waals surface area contributed by atoms with Crippen LogP contribution in [0.4, 0.5) is 11.4 Å². The number of halogens is 2. The van der Waals surface area contributed by atoms with E-state index in [4.69, 9.17) is 28.6 Å². The van der Waals surface area contributed by atoms with Crippen LogP contribution in [0.15, 0.2) is 40.9 Å². The van der Waals surface area contributed by atoms with Crippen LogP contribution in [0.3, 0.4) is 0 Å². The average Bonchev–Trinajstić information content (AvgIpc) is 2.79. The monoisotopic (exact) mass is 552 g/mol. The van der Waals surface area contributed by atoms with Gasteiger partial charge in [0.25, 0.3) is 5.91 Å². The third-order valence-corrected chi connectivity index (χ3v) is 6.34. The third-order valence-electron chi connectivity index (χ3n) is 5.28. The van der Waals surface area contributed by atoms with Gasteiger partial charge in [-0.05, 0) is 71.0 Å². The highest BCUT2D eigenvalue weighted by Crippen LogP contribution is 2.30. The van der Waals surface area contributed by atoms with Gasteiger partial charge in [-0.1, -0.05) is 18.5 Å². The van der Waals surface area contributed by atoms with E-state index in [1.807, 2.05) is 24.0 Å². The van der Waals surface area contributed by atoms with E-state index in [0.717, 1.165) is 12.1 Å². The quantitative estimate of drug-likeness (QED) is 0.506. The highest BCUT2D eigenvalue weighted by molar-refractivity contribution is 9.10. The molecule has 0 saturated carbocycles. The van der Waals surface area contributed by atoms with Gasteiger partial charge in [-0.2, -0.15) is 0 Å². The van der Waals surface area contributed by atoms with Gasteiger partial charge >= 0.3 is 0 Å². The van der Waals surface area contributed by atoms with E-state index >= 15 is 0 Å². The number of hydrogen-bond acceptors (Lipinski definition) is 5. The first-order valence-electron chi connectivity index (χ1n) is 10.6. The number of nitrogens with one attached hydrogen (secondary N) is 2. The zero-order chi connectivity index (χ0) is 24.0. The van der Waals surface area contributed by atoms with Crippen LogP contribution in [0.1, 0.15) is 30.1 Å². The lowest BCUT2D eigenvalue weighted by Crippen LogP contribution is -2.49. The van der Waals surface area contributed by atoms with Gasteiger partial charge < -0.3 is 19.9 Å². The molecule has 176 valence electrons. The summed E-state index contributed by atoms with van der Waals surface area (Å²) in [5.74, 6) is 0.482. The molecule has 0 radical (unpaired) electrons. The Morgan fingerprint density at radius 1 is 1.15 bits per heavy atom. The van der Waals surface area contributed by atoms with E-state index in [0.29, 0.717) is 59.1 Å². The molecule has 7 nitrogen and oxygen atoms in total. The lowest BCUT2D eigenvalue weighted by atomic mass is 10.2. The zero-order valence-electron chi connectivity index (χ0n) is 18.5. The normalized spacial score (nSPS) is 13.5. The van der Waals surface area contributed by atoms with Crippen LogP contribution in [0.5, 0.6) is 5.75 Å². The molecular formula is C23H26BrClN4O3S. The van der Waals surface area contributed by atoms with Crippen molar-refractivity contribution in [1.82, 2.24) is 10.2 Å². The van der Waals surface area contributed by atoms with Crippen LogP contribution in [0.2, 0.25) is 5.02 Å². The molecule has 1 aliphatic rings. The molecule has 0 atom stereocenters. The van der Waals surface area contributed by atoms with Gasteiger partial charge in [-0.3, -0.25) is 14.9 Å². The van der Waals surface area contributed by atoms with E-state index in [2.05, 4.69) is 31.5 Å². The number of rotatable bonds is 6. The van der Waals surface area contributed by atoms with Crippen molar-refractivity contribution in [2.24, 2.45) is 0 Å². The minimum Gasteiger partial charge on any atom is -0.496 e. The third kappa shape index (κ3) is 6.59. The number of methoxy groups -OCH3 is 1. The van der Waals surface area contributed by atoms with Crippen molar-refractivity contribution in [3.05, 3.63) is 51.5 Å². The van der Waals surface area contributed by atoms with E-state index in [9.17, 15) is 9.59 Å². The molecule has 0 aliphatic carbocycles. The summed E-state index contributed by atoms with van der Waals surface area (Å²) in [4.78, 5) is 28.9. The molecule has 0 unspecified atom stereocenters. The second-order valence-electron chi connectivity index (χ2n) is 7.54. The molecular weight excluding hydrogens is 528 g/mol. The van der Waals surface area contributed by atoms with Crippen molar-refractivity contribution >= 4 is 68.1 Å². The van der Waals surface area contributed by atoms with Gasteiger partial charge in [0, 0.05) is 43.2 Å².